The Labute approximate surface area is 172 Å². The van der Waals surface area contributed by atoms with E-state index in [2.05, 4.69) is 16.6 Å². The van der Waals surface area contributed by atoms with Gasteiger partial charge in [-0.2, -0.15) is 5.10 Å². The molecule has 0 atom stereocenters. The molecule has 0 spiro atoms. The standard InChI is InChI=1S/C23H29N3O3/c1-17-7-6-8-21(13-17)29-16-23(27)25-24-18(2)19-9-10-22(28-3)20(14-19)15-26-11-4-5-12-26/h6-10,13-14H,4-5,11-12,15-16H2,1-3H3,(H,25,27)/p+1/b24-18-. The Hall–Kier alpha value is -2.86. The molecule has 1 fully saturated rings. The number of benzene rings is 2. The molecule has 1 aliphatic rings. The van der Waals surface area contributed by atoms with Crippen molar-refractivity contribution in [1.82, 2.24) is 5.43 Å². The molecule has 0 aliphatic carbocycles. The van der Waals surface area contributed by atoms with Crippen LogP contribution in [-0.4, -0.2) is 38.4 Å². The van der Waals surface area contributed by atoms with Crippen molar-refractivity contribution in [2.45, 2.75) is 33.2 Å². The Morgan fingerprint density at radius 2 is 1.97 bits per heavy atom. The van der Waals surface area contributed by atoms with Crippen LogP contribution in [-0.2, 0) is 11.3 Å². The quantitative estimate of drug-likeness (QED) is 0.531. The molecule has 2 N–H and O–H groups in total. The van der Waals surface area contributed by atoms with Crippen molar-refractivity contribution < 1.29 is 19.2 Å². The Morgan fingerprint density at radius 3 is 2.69 bits per heavy atom. The first kappa shape index (κ1) is 20.9. The van der Waals surface area contributed by atoms with Gasteiger partial charge in [0.2, 0.25) is 0 Å². The van der Waals surface area contributed by atoms with Gasteiger partial charge in [0, 0.05) is 18.4 Å². The molecule has 2 aromatic carbocycles. The average molecular weight is 397 g/mol. The number of carbonyl (C=O) groups is 1. The highest BCUT2D eigenvalue weighted by atomic mass is 16.5. The van der Waals surface area contributed by atoms with Gasteiger partial charge in [-0.05, 0) is 55.3 Å². The number of nitrogens with zero attached hydrogens (tertiary/aromatic N) is 1. The molecular formula is C23H30N3O3+. The molecule has 1 amide bonds. The molecule has 1 aliphatic heterocycles. The van der Waals surface area contributed by atoms with Crippen LogP contribution >= 0.6 is 0 Å². The Balaban J connectivity index is 1.60. The van der Waals surface area contributed by atoms with Crippen LogP contribution in [0.4, 0.5) is 0 Å². The fourth-order valence-electron chi connectivity index (χ4n) is 3.56. The maximum absolute atomic E-state index is 12.1. The highest BCUT2D eigenvalue weighted by molar-refractivity contribution is 5.99. The first-order chi connectivity index (χ1) is 14.0. The van der Waals surface area contributed by atoms with Gasteiger partial charge in [-0.15, -0.1) is 0 Å². The number of nitrogens with one attached hydrogen (secondary N) is 2. The van der Waals surface area contributed by atoms with Crippen LogP contribution in [0.3, 0.4) is 0 Å². The summed E-state index contributed by atoms with van der Waals surface area (Å²) < 4.78 is 11.0. The summed E-state index contributed by atoms with van der Waals surface area (Å²) in [6, 6.07) is 13.7. The molecule has 29 heavy (non-hydrogen) atoms. The molecule has 0 bridgehead atoms. The molecule has 154 valence electrons. The SMILES string of the molecule is COc1ccc(/C(C)=N\NC(=O)COc2cccc(C)c2)cc1C[NH+]1CCCC1. The van der Waals surface area contributed by atoms with Gasteiger partial charge in [0.05, 0.1) is 25.9 Å². The van der Waals surface area contributed by atoms with Crippen molar-refractivity contribution in [1.29, 1.82) is 0 Å². The number of quaternary nitrogens is 1. The van der Waals surface area contributed by atoms with Crippen molar-refractivity contribution >= 4 is 11.6 Å². The molecule has 2 aromatic rings. The topological polar surface area (TPSA) is 64.4 Å². The molecule has 0 aromatic heterocycles. The summed E-state index contributed by atoms with van der Waals surface area (Å²) in [5.74, 6) is 1.28. The van der Waals surface area contributed by atoms with E-state index in [1.54, 1.807) is 12.0 Å². The molecule has 0 unspecified atom stereocenters. The fourth-order valence-corrected chi connectivity index (χ4v) is 3.56. The Bertz CT molecular complexity index is 873. The molecule has 6 nitrogen and oxygen atoms in total. The summed E-state index contributed by atoms with van der Waals surface area (Å²) in [7, 11) is 1.70. The summed E-state index contributed by atoms with van der Waals surface area (Å²) >= 11 is 0. The molecule has 0 saturated carbocycles. The minimum Gasteiger partial charge on any atom is -0.496 e. The predicted octanol–water partition coefficient (Wildman–Crippen LogP) is 2.10. The van der Waals surface area contributed by atoms with Crippen LogP contribution in [0.15, 0.2) is 47.6 Å². The zero-order chi connectivity index (χ0) is 20.6. The second-order valence-corrected chi connectivity index (χ2v) is 7.50. The highest BCUT2D eigenvalue weighted by Crippen LogP contribution is 2.20. The lowest BCUT2D eigenvalue weighted by Gasteiger charge is -2.15. The van der Waals surface area contributed by atoms with Crippen LogP contribution < -0.4 is 19.8 Å². The minimum absolute atomic E-state index is 0.0770. The van der Waals surface area contributed by atoms with E-state index in [-0.39, 0.29) is 12.5 Å². The first-order valence-corrected chi connectivity index (χ1v) is 10.1. The van der Waals surface area contributed by atoms with Crippen molar-refractivity contribution in [3.63, 3.8) is 0 Å². The zero-order valence-corrected chi connectivity index (χ0v) is 17.5. The van der Waals surface area contributed by atoms with Crippen LogP contribution in [0.2, 0.25) is 0 Å². The lowest BCUT2D eigenvalue weighted by atomic mass is 10.1. The summed E-state index contributed by atoms with van der Waals surface area (Å²) in [5, 5.41) is 4.24. The normalized spacial score (nSPS) is 14.7. The van der Waals surface area contributed by atoms with Crippen LogP contribution in [0.5, 0.6) is 11.5 Å². The minimum atomic E-state index is -0.291. The zero-order valence-electron chi connectivity index (χ0n) is 17.5. The second-order valence-electron chi connectivity index (χ2n) is 7.50. The second kappa shape index (κ2) is 10.1. The number of aryl methyl sites for hydroxylation is 1. The number of ether oxygens (including phenoxy) is 2. The largest absolute Gasteiger partial charge is 0.496 e. The number of hydrogen-bond acceptors (Lipinski definition) is 4. The third-order valence-corrected chi connectivity index (χ3v) is 5.16. The van der Waals surface area contributed by atoms with Crippen molar-refractivity contribution in [2.75, 3.05) is 26.8 Å². The maximum atomic E-state index is 12.1. The van der Waals surface area contributed by atoms with Gasteiger partial charge in [-0.25, -0.2) is 5.43 Å². The number of hydrazone groups is 1. The first-order valence-electron chi connectivity index (χ1n) is 10.1. The number of likely N-dealkylation sites (tertiary alicyclic amines) is 1. The van der Waals surface area contributed by atoms with Crippen molar-refractivity contribution in [3.05, 3.63) is 59.2 Å². The van der Waals surface area contributed by atoms with E-state index in [9.17, 15) is 4.79 Å². The Morgan fingerprint density at radius 1 is 1.17 bits per heavy atom. The monoisotopic (exact) mass is 396 g/mol. The van der Waals surface area contributed by atoms with E-state index in [0.29, 0.717) is 5.75 Å². The van der Waals surface area contributed by atoms with E-state index in [1.165, 1.54) is 31.5 Å². The number of rotatable bonds is 8. The lowest BCUT2D eigenvalue weighted by Crippen LogP contribution is -3.08. The summed E-state index contributed by atoms with van der Waals surface area (Å²) in [4.78, 5) is 13.6. The van der Waals surface area contributed by atoms with Crippen LogP contribution in [0.1, 0.15) is 36.5 Å². The van der Waals surface area contributed by atoms with E-state index >= 15 is 0 Å². The van der Waals surface area contributed by atoms with Crippen molar-refractivity contribution in [2.24, 2.45) is 5.10 Å². The van der Waals surface area contributed by atoms with Gasteiger partial charge in [-0.3, -0.25) is 4.79 Å². The lowest BCUT2D eigenvalue weighted by molar-refractivity contribution is -0.901. The molecule has 1 saturated heterocycles. The smallest absolute Gasteiger partial charge is 0.277 e. The molecule has 3 rings (SSSR count). The van der Waals surface area contributed by atoms with E-state index in [4.69, 9.17) is 9.47 Å². The Kier molecular flexibility index (Phi) is 7.25. The third-order valence-electron chi connectivity index (χ3n) is 5.16. The highest BCUT2D eigenvalue weighted by Gasteiger charge is 2.18. The van der Waals surface area contributed by atoms with Gasteiger partial charge in [0.25, 0.3) is 5.91 Å². The summed E-state index contributed by atoms with van der Waals surface area (Å²) in [6.45, 7) is 7.15. The molecular weight excluding hydrogens is 366 g/mol. The fraction of sp³-hybridized carbons (Fsp3) is 0.391. The van der Waals surface area contributed by atoms with Gasteiger partial charge in [0.1, 0.15) is 18.0 Å². The number of amides is 1. The van der Waals surface area contributed by atoms with Gasteiger partial charge in [-0.1, -0.05) is 12.1 Å². The van der Waals surface area contributed by atoms with Crippen LogP contribution in [0.25, 0.3) is 0 Å². The molecule has 1 heterocycles. The predicted molar refractivity (Wildman–Crippen MR) is 114 cm³/mol. The van der Waals surface area contributed by atoms with Crippen LogP contribution in [0, 0.1) is 6.92 Å². The number of carbonyl (C=O) groups excluding carboxylic acids is 1. The van der Waals surface area contributed by atoms with Gasteiger partial charge in [0.15, 0.2) is 6.61 Å². The van der Waals surface area contributed by atoms with E-state index in [0.717, 1.165) is 29.1 Å². The number of hydrogen-bond donors (Lipinski definition) is 2. The van der Waals surface area contributed by atoms with Gasteiger partial charge < -0.3 is 14.4 Å². The summed E-state index contributed by atoms with van der Waals surface area (Å²) in [5.41, 5.74) is 6.55. The summed E-state index contributed by atoms with van der Waals surface area (Å²) in [6.07, 6.45) is 2.57. The average Bonchev–Trinajstić information content (AvgIpc) is 3.23. The maximum Gasteiger partial charge on any atom is 0.277 e. The molecule has 0 radical (unpaired) electrons. The van der Waals surface area contributed by atoms with E-state index < -0.39 is 0 Å². The van der Waals surface area contributed by atoms with E-state index in [1.807, 2.05) is 50.2 Å². The molecule has 6 heteroatoms. The van der Waals surface area contributed by atoms with Gasteiger partial charge >= 0.3 is 0 Å². The third kappa shape index (κ3) is 6.06. The number of methoxy groups -OCH3 is 1. The van der Waals surface area contributed by atoms with Crippen molar-refractivity contribution in [3.8, 4) is 11.5 Å².